The molecule has 0 aromatic heterocycles. The molecule has 0 atom stereocenters. The fourth-order valence-electron chi connectivity index (χ4n) is 2.70. The van der Waals surface area contributed by atoms with E-state index >= 15 is 0 Å². The Morgan fingerprint density at radius 2 is 1.72 bits per heavy atom. The van der Waals surface area contributed by atoms with Gasteiger partial charge in [0.1, 0.15) is 0 Å². The standard InChI is InChI=1S/C15H22N2O/c1-11-8-12(2)15(13(3)9-11)16-14(18)10-17-6-4-5-7-17/h8-9H,4-7,10H2,1-3H3,(H,16,18). The number of hydrogen-bond donors (Lipinski definition) is 1. The lowest BCUT2D eigenvalue weighted by Crippen LogP contribution is -2.31. The Balaban J connectivity index is 2.02. The molecule has 1 aliphatic rings. The second-order valence-electron chi connectivity index (χ2n) is 5.31. The minimum absolute atomic E-state index is 0.104. The summed E-state index contributed by atoms with van der Waals surface area (Å²) in [4.78, 5) is 14.2. The lowest BCUT2D eigenvalue weighted by atomic mass is 10.1. The molecule has 0 spiro atoms. The third-order valence-electron chi connectivity index (χ3n) is 3.51. The molecule has 1 saturated heterocycles. The predicted molar refractivity (Wildman–Crippen MR) is 75.0 cm³/mol. The number of amides is 1. The van der Waals surface area contributed by atoms with Crippen molar-refractivity contribution >= 4 is 11.6 Å². The molecule has 1 N–H and O–H groups in total. The van der Waals surface area contributed by atoms with Crippen LogP contribution in [0.1, 0.15) is 29.5 Å². The Bertz CT molecular complexity index is 425. The number of nitrogens with zero attached hydrogens (tertiary/aromatic N) is 1. The molecule has 1 aromatic rings. The van der Waals surface area contributed by atoms with Gasteiger partial charge in [0.2, 0.25) is 5.91 Å². The van der Waals surface area contributed by atoms with Crippen LogP contribution in [-0.2, 0) is 4.79 Å². The Morgan fingerprint density at radius 3 is 2.28 bits per heavy atom. The van der Waals surface area contributed by atoms with Gasteiger partial charge in [0.25, 0.3) is 0 Å². The Labute approximate surface area is 109 Å². The zero-order valence-corrected chi connectivity index (χ0v) is 11.5. The second-order valence-corrected chi connectivity index (χ2v) is 5.31. The molecule has 1 heterocycles. The highest BCUT2D eigenvalue weighted by molar-refractivity contribution is 5.93. The molecule has 0 aliphatic carbocycles. The average Bonchev–Trinajstić information content (AvgIpc) is 2.76. The molecular weight excluding hydrogens is 224 g/mol. The van der Waals surface area contributed by atoms with Crippen LogP contribution in [0.2, 0.25) is 0 Å². The van der Waals surface area contributed by atoms with E-state index in [1.54, 1.807) is 0 Å². The van der Waals surface area contributed by atoms with E-state index in [2.05, 4.69) is 29.3 Å². The first-order valence-corrected chi connectivity index (χ1v) is 6.66. The highest BCUT2D eigenvalue weighted by Crippen LogP contribution is 2.22. The number of nitrogens with one attached hydrogen (secondary N) is 1. The van der Waals surface area contributed by atoms with E-state index in [0.29, 0.717) is 6.54 Å². The van der Waals surface area contributed by atoms with E-state index in [1.165, 1.54) is 18.4 Å². The molecule has 0 radical (unpaired) electrons. The van der Waals surface area contributed by atoms with Gasteiger partial charge in [-0.25, -0.2) is 0 Å². The van der Waals surface area contributed by atoms with Crippen molar-refractivity contribution in [3.8, 4) is 0 Å². The highest BCUT2D eigenvalue weighted by Gasteiger charge is 2.16. The summed E-state index contributed by atoms with van der Waals surface area (Å²) in [6.45, 7) is 8.80. The molecule has 1 aromatic carbocycles. The topological polar surface area (TPSA) is 32.3 Å². The van der Waals surface area contributed by atoms with E-state index < -0.39 is 0 Å². The Hall–Kier alpha value is -1.35. The molecule has 0 unspecified atom stereocenters. The summed E-state index contributed by atoms with van der Waals surface area (Å²) < 4.78 is 0. The van der Waals surface area contributed by atoms with Crippen LogP contribution in [0.3, 0.4) is 0 Å². The van der Waals surface area contributed by atoms with Crippen LogP contribution >= 0.6 is 0 Å². The smallest absolute Gasteiger partial charge is 0.238 e. The first-order valence-electron chi connectivity index (χ1n) is 6.66. The number of carbonyl (C=O) groups is 1. The van der Waals surface area contributed by atoms with E-state index in [1.807, 2.05) is 13.8 Å². The third-order valence-corrected chi connectivity index (χ3v) is 3.51. The van der Waals surface area contributed by atoms with Crippen molar-refractivity contribution in [3.05, 3.63) is 28.8 Å². The molecule has 98 valence electrons. The van der Waals surface area contributed by atoms with Crippen molar-refractivity contribution < 1.29 is 4.79 Å². The molecule has 1 amide bonds. The SMILES string of the molecule is Cc1cc(C)c(NC(=O)CN2CCCC2)c(C)c1. The number of benzene rings is 1. The lowest BCUT2D eigenvalue weighted by molar-refractivity contribution is -0.117. The van der Waals surface area contributed by atoms with Crippen LogP contribution in [0.25, 0.3) is 0 Å². The number of anilines is 1. The lowest BCUT2D eigenvalue weighted by Gasteiger charge is -2.16. The molecule has 0 saturated carbocycles. The first kappa shape index (κ1) is 13.1. The number of likely N-dealkylation sites (tertiary alicyclic amines) is 1. The molecule has 1 aliphatic heterocycles. The summed E-state index contributed by atoms with van der Waals surface area (Å²) >= 11 is 0. The highest BCUT2D eigenvalue weighted by atomic mass is 16.2. The number of carbonyl (C=O) groups excluding carboxylic acids is 1. The largest absolute Gasteiger partial charge is 0.324 e. The van der Waals surface area contributed by atoms with Crippen LogP contribution in [0.5, 0.6) is 0 Å². The monoisotopic (exact) mass is 246 g/mol. The summed E-state index contributed by atoms with van der Waals surface area (Å²) in [6.07, 6.45) is 2.44. The number of rotatable bonds is 3. The minimum Gasteiger partial charge on any atom is -0.324 e. The van der Waals surface area contributed by atoms with Crippen molar-refractivity contribution in [2.24, 2.45) is 0 Å². The van der Waals surface area contributed by atoms with Crippen LogP contribution in [-0.4, -0.2) is 30.4 Å². The maximum atomic E-state index is 12.0. The van der Waals surface area contributed by atoms with Gasteiger partial charge in [0.05, 0.1) is 6.54 Å². The van der Waals surface area contributed by atoms with Crippen LogP contribution in [0.15, 0.2) is 12.1 Å². The molecule has 0 bridgehead atoms. The van der Waals surface area contributed by atoms with Crippen LogP contribution in [0.4, 0.5) is 5.69 Å². The minimum atomic E-state index is 0.104. The number of aryl methyl sites for hydroxylation is 3. The summed E-state index contributed by atoms with van der Waals surface area (Å²) in [6, 6.07) is 4.22. The third kappa shape index (κ3) is 3.10. The van der Waals surface area contributed by atoms with Gasteiger partial charge in [-0.1, -0.05) is 17.7 Å². The van der Waals surface area contributed by atoms with E-state index in [-0.39, 0.29) is 5.91 Å². The zero-order valence-electron chi connectivity index (χ0n) is 11.5. The summed E-state index contributed by atoms with van der Waals surface area (Å²) in [5.74, 6) is 0.104. The fourth-order valence-corrected chi connectivity index (χ4v) is 2.70. The van der Waals surface area contributed by atoms with E-state index in [9.17, 15) is 4.79 Å². The van der Waals surface area contributed by atoms with Gasteiger partial charge in [-0.2, -0.15) is 0 Å². The number of hydrogen-bond acceptors (Lipinski definition) is 2. The fraction of sp³-hybridized carbons (Fsp3) is 0.533. The van der Waals surface area contributed by atoms with Crippen LogP contribution < -0.4 is 5.32 Å². The normalized spacial score (nSPS) is 15.9. The van der Waals surface area contributed by atoms with Crippen molar-refractivity contribution in [3.63, 3.8) is 0 Å². The summed E-state index contributed by atoms with van der Waals surface area (Å²) in [5.41, 5.74) is 4.50. The maximum absolute atomic E-state index is 12.0. The molecular formula is C15H22N2O. The van der Waals surface area contributed by atoms with E-state index in [0.717, 1.165) is 29.9 Å². The Morgan fingerprint density at radius 1 is 1.17 bits per heavy atom. The van der Waals surface area contributed by atoms with E-state index in [4.69, 9.17) is 0 Å². The van der Waals surface area contributed by atoms with Crippen molar-refractivity contribution in [1.29, 1.82) is 0 Å². The van der Waals surface area contributed by atoms with Crippen molar-refractivity contribution in [1.82, 2.24) is 4.90 Å². The summed E-state index contributed by atoms with van der Waals surface area (Å²) in [7, 11) is 0. The van der Waals surface area contributed by atoms with Gasteiger partial charge in [-0.15, -0.1) is 0 Å². The van der Waals surface area contributed by atoms with Crippen molar-refractivity contribution in [2.75, 3.05) is 25.0 Å². The Kier molecular flexibility index (Phi) is 4.02. The average molecular weight is 246 g/mol. The van der Waals surface area contributed by atoms with Gasteiger partial charge in [0, 0.05) is 5.69 Å². The molecule has 2 rings (SSSR count). The van der Waals surface area contributed by atoms with Crippen LogP contribution in [0, 0.1) is 20.8 Å². The van der Waals surface area contributed by atoms with Gasteiger partial charge >= 0.3 is 0 Å². The zero-order chi connectivity index (χ0) is 13.1. The van der Waals surface area contributed by atoms with Gasteiger partial charge in [-0.3, -0.25) is 9.69 Å². The van der Waals surface area contributed by atoms with Crippen molar-refractivity contribution in [2.45, 2.75) is 33.6 Å². The van der Waals surface area contributed by atoms with Gasteiger partial charge in [-0.05, 0) is 57.8 Å². The summed E-state index contributed by atoms with van der Waals surface area (Å²) in [5, 5.41) is 3.05. The van der Waals surface area contributed by atoms with Gasteiger partial charge < -0.3 is 5.32 Å². The molecule has 3 heteroatoms. The molecule has 1 fully saturated rings. The maximum Gasteiger partial charge on any atom is 0.238 e. The van der Waals surface area contributed by atoms with Gasteiger partial charge in [0.15, 0.2) is 0 Å². The predicted octanol–water partition coefficient (Wildman–Crippen LogP) is 2.65. The molecule has 18 heavy (non-hydrogen) atoms. The quantitative estimate of drug-likeness (QED) is 0.889. The first-order chi connectivity index (χ1) is 8.56. The second kappa shape index (κ2) is 5.53. The molecule has 3 nitrogen and oxygen atoms in total.